The second kappa shape index (κ2) is 8.90. The first kappa shape index (κ1) is 19.2. The summed E-state index contributed by atoms with van der Waals surface area (Å²) in [4.78, 5) is 26.3. The van der Waals surface area contributed by atoms with Crippen molar-refractivity contribution >= 4 is 12.0 Å². The Morgan fingerprint density at radius 3 is 2.59 bits per heavy atom. The van der Waals surface area contributed by atoms with E-state index in [2.05, 4.69) is 10.6 Å². The van der Waals surface area contributed by atoms with Crippen molar-refractivity contribution in [3.8, 4) is 5.75 Å². The number of esters is 1. The van der Waals surface area contributed by atoms with Crippen molar-refractivity contribution in [1.82, 2.24) is 10.6 Å². The van der Waals surface area contributed by atoms with Gasteiger partial charge < -0.3 is 25.0 Å². The van der Waals surface area contributed by atoms with Gasteiger partial charge in [0.05, 0.1) is 44.6 Å². The van der Waals surface area contributed by atoms with Crippen LogP contribution in [0.2, 0.25) is 0 Å². The van der Waals surface area contributed by atoms with Gasteiger partial charge in [0.25, 0.3) is 0 Å². The molecule has 1 aromatic rings. The maximum Gasteiger partial charge on any atom is 0.338 e. The largest absolute Gasteiger partial charge is 0.497 e. The van der Waals surface area contributed by atoms with E-state index in [1.54, 1.807) is 7.11 Å². The highest BCUT2D eigenvalue weighted by atomic mass is 16.5. The van der Waals surface area contributed by atoms with Gasteiger partial charge in [-0.25, -0.2) is 9.59 Å². The van der Waals surface area contributed by atoms with E-state index >= 15 is 0 Å². The molecule has 0 aliphatic carbocycles. The van der Waals surface area contributed by atoms with Gasteiger partial charge in [-0.3, -0.25) is 0 Å². The van der Waals surface area contributed by atoms with Gasteiger partial charge in [-0.2, -0.15) is 0 Å². The molecule has 146 valence electrons. The lowest BCUT2D eigenvalue weighted by atomic mass is 9.94. The third-order valence-corrected chi connectivity index (χ3v) is 5.22. The average molecular weight is 374 g/mol. The van der Waals surface area contributed by atoms with Crippen LogP contribution in [0.1, 0.15) is 37.3 Å². The van der Waals surface area contributed by atoms with Crippen LogP contribution in [0.3, 0.4) is 0 Å². The number of hydrogen-bond donors (Lipinski definition) is 3. The number of methoxy groups -OCH3 is 2. The molecule has 0 unspecified atom stereocenters. The lowest BCUT2D eigenvalue weighted by Gasteiger charge is -2.30. The first-order valence-corrected chi connectivity index (χ1v) is 9.48. The van der Waals surface area contributed by atoms with Gasteiger partial charge in [-0.1, -0.05) is 12.1 Å². The Hall–Kier alpha value is -2.54. The van der Waals surface area contributed by atoms with Crippen LogP contribution in [-0.4, -0.2) is 45.9 Å². The van der Waals surface area contributed by atoms with Gasteiger partial charge in [-0.15, -0.1) is 0 Å². The summed E-state index contributed by atoms with van der Waals surface area (Å²) in [6.45, 7) is 2.70. The van der Waals surface area contributed by atoms with Crippen LogP contribution in [0, 0.1) is 0 Å². The minimum Gasteiger partial charge on any atom is -0.497 e. The number of nitrogens with one attached hydrogen (secondary N) is 3. The molecule has 0 bridgehead atoms. The molecule has 1 atom stereocenters. The Bertz CT molecular complexity index is 724. The predicted molar refractivity (Wildman–Crippen MR) is 100 cm³/mol. The van der Waals surface area contributed by atoms with Crippen molar-refractivity contribution in [3.63, 3.8) is 0 Å². The Labute approximate surface area is 159 Å². The average Bonchev–Trinajstić information content (AvgIpc) is 2.95. The van der Waals surface area contributed by atoms with Crippen LogP contribution in [0.4, 0.5) is 4.79 Å². The van der Waals surface area contributed by atoms with E-state index in [1.165, 1.54) is 37.7 Å². The molecule has 0 radical (unpaired) electrons. The van der Waals surface area contributed by atoms with Crippen molar-refractivity contribution in [2.45, 2.75) is 31.7 Å². The van der Waals surface area contributed by atoms with Crippen LogP contribution >= 0.6 is 0 Å². The summed E-state index contributed by atoms with van der Waals surface area (Å²) in [5, 5.41) is 5.71. The van der Waals surface area contributed by atoms with Crippen LogP contribution in [0.25, 0.3) is 0 Å². The van der Waals surface area contributed by atoms with Crippen molar-refractivity contribution in [3.05, 3.63) is 41.1 Å². The minimum absolute atomic E-state index is 0.306. The SMILES string of the molecule is COC(=O)C1=C(C[NH+]2CCCCCC2)NC(=O)N[C@@H]1c1cccc(OC)c1. The van der Waals surface area contributed by atoms with E-state index in [0.717, 1.165) is 18.7 Å². The van der Waals surface area contributed by atoms with E-state index < -0.39 is 12.0 Å². The van der Waals surface area contributed by atoms with Gasteiger partial charge in [0.15, 0.2) is 0 Å². The molecule has 3 rings (SSSR count). The standard InChI is InChI=1S/C20H27N3O4/c1-26-15-9-7-8-14(12-15)18-17(19(24)27-2)16(21-20(25)22-18)13-23-10-5-3-4-6-11-23/h7-9,12,18H,3-6,10-11,13H2,1-2H3,(H2,21,22,25)/p+1/t18-/m1/s1. The zero-order valence-corrected chi connectivity index (χ0v) is 16.0. The summed E-state index contributed by atoms with van der Waals surface area (Å²) in [5.74, 6) is 0.240. The molecule has 2 heterocycles. The number of amides is 2. The maximum absolute atomic E-state index is 12.6. The Morgan fingerprint density at radius 2 is 1.93 bits per heavy atom. The number of carbonyl (C=O) groups excluding carboxylic acids is 2. The fraction of sp³-hybridized carbons (Fsp3) is 0.500. The number of ether oxygens (including phenoxy) is 2. The van der Waals surface area contributed by atoms with Crippen LogP contribution in [0.15, 0.2) is 35.5 Å². The van der Waals surface area contributed by atoms with Crippen LogP contribution in [-0.2, 0) is 9.53 Å². The molecule has 7 heteroatoms. The summed E-state index contributed by atoms with van der Waals surface area (Å²) >= 11 is 0. The summed E-state index contributed by atoms with van der Waals surface area (Å²) in [6.07, 6.45) is 4.82. The fourth-order valence-corrected chi connectivity index (χ4v) is 3.83. The molecule has 2 amide bonds. The number of hydrogen-bond acceptors (Lipinski definition) is 4. The summed E-state index contributed by atoms with van der Waals surface area (Å²) in [6, 6.07) is 6.50. The highest BCUT2D eigenvalue weighted by Crippen LogP contribution is 2.29. The molecule has 1 saturated heterocycles. The van der Waals surface area contributed by atoms with Crippen LogP contribution in [0.5, 0.6) is 5.75 Å². The van der Waals surface area contributed by atoms with E-state index in [0.29, 0.717) is 23.6 Å². The smallest absolute Gasteiger partial charge is 0.338 e. The number of rotatable bonds is 5. The molecule has 27 heavy (non-hydrogen) atoms. The van der Waals surface area contributed by atoms with Crippen molar-refractivity contribution < 1.29 is 24.0 Å². The molecule has 2 aliphatic heterocycles. The lowest BCUT2D eigenvalue weighted by molar-refractivity contribution is -0.894. The van der Waals surface area contributed by atoms with E-state index in [4.69, 9.17) is 9.47 Å². The summed E-state index contributed by atoms with van der Waals surface area (Å²) < 4.78 is 10.3. The molecule has 7 nitrogen and oxygen atoms in total. The zero-order valence-electron chi connectivity index (χ0n) is 16.0. The summed E-state index contributed by atoms with van der Waals surface area (Å²) in [5.41, 5.74) is 1.89. The van der Waals surface area contributed by atoms with Gasteiger partial charge in [-0.05, 0) is 43.4 Å². The molecule has 0 aromatic heterocycles. The minimum atomic E-state index is -0.567. The van der Waals surface area contributed by atoms with Crippen molar-refractivity contribution in [2.24, 2.45) is 0 Å². The fourth-order valence-electron chi connectivity index (χ4n) is 3.83. The van der Waals surface area contributed by atoms with E-state index in [1.807, 2.05) is 24.3 Å². The number of quaternary nitrogens is 1. The van der Waals surface area contributed by atoms with Gasteiger partial charge in [0, 0.05) is 0 Å². The first-order chi connectivity index (χ1) is 13.1. The molecular weight excluding hydrogens is 346 g/mol. The number of urea groups is 1. The monoisotopic (exact) mass is 374 g/mol. The predicted octanol–water partition coefficient (Wildman–Crippen LogP) is 0.935. The Balaban J connectivity index is 1.97. The zero-order chi connectivity index (χ0) is 19.2. The molecular formula is C20H28N3O4+. The first-order valence-electron chi connectivity index (χ1n) is 9.48. The third-order valence-electron chi connectivity index (χ3n) is 5.22. The third kappa shape index (κ3) is 4.60. The second-order valence-electron chi connectivity index (χ2n) is 7.03. The van der Waals surface area contributed by atoms with Crippen molar-refractivity contribution in [1.29, 1.82) is 0 Å². The molecule has 3 N–H and O–H groups in total. The second-order valence-corrected chi connectivity index (χ2v) is 7.03. The number of benzene rings is 1. The van der Waals surface area contributed by atoms with Gasteiger partial charge in [0.1, 0.15) is 12.3 Å². The molecule has 0 saturated carbocycles. The van der Waals surface area contributed by atoms with Crippen LogP contribution < -0.4 is 20.3 Å². The quantitative estimate of drug-likeness (QED) is 0.670. The lowest BCUT2D eigenvalue weighted by Crippen LogP contribution is -3.12. The Kier molecular flexibility index (Phi) is 6.34. The molecule has 2 aliphatic rings. The Morgan fingerprint density at radius 1 is 1.19 bits per heavy atom. The number of carbonyl (C=O) groups is 2. The van der Waals surface area contributed by atoms with Crippen molar-refractivity contribution in [2.75, 3.05) is 33.9 Å². The highest BCUT2D eigenvalue weighted by Gasteiger charge is 2.35. The highest BCUT2D eigenvalue weighted by molar-refractivity contribution is 5.95. The molecule has 1 fully saturated rings. The summed E-state index contributed by atoms with van der Waals surface area (Å²) in [7, 11) is 2.95. The van der Waals surface area contributed by atoms with Gasteiger partial charge >= 0.3 is 12.0 Å². The molecule has 0 spiro atoms. The van der Waals surface area contributed by atoms with E-state index in [9.17, 15) is 9.59 Å². The normalized spacial score (nSPS) is 21.1. The maximum atomic E-state index is 12.6. The molecule has 1 aromatic carbocycles. The van der Waals surface area contributed by atoms with E-state index in [-0.39, 0.29) is 6.03 Å². The topological polar surface area (TPSA) is 81.1 Å². The number of likely N-dealkylation sites (tertiary alicyclic amines) is 1. The van der Waals surface area contributed by atoms with Gasteiger partial charge in [0.2, 0.25) is 0 Å².